The minimum absolute atomic E-state index is 0.0164. The van der Waals surface area contributed by atoms with Gasteiger partial charge in [0.2, 0.25) is 17.7 Å². The fourth-order valence-corrected chi connectivity index (χ4v) is 10.2. The molecule has 1 aromatic heterocycles. The van der Waals surface area contributed by atoms with E-state index in [0.29, 0.717) is 11.4 Å². The molecule has 4 aliphatic rings. The number of aromatic nitrogens is 1. The highest BCUT2D eigenvalue weighted by molar-refractivity contribution is 8.00. The highest BCUT2D eigenvalue weighted by Gasteiger charge is 2.69. The number of carbonyl (C=O) groups excluding carboxylic acids is 3. The monoisotopic (exact) mass is 563 g/mol. The number of likely N-dealkylation sites (tertiary alicyclic amines) is 1. The van der Waals surface area contributed by atoms with Crippen LogP contribution in [0.4, 0.5) is 5.69 Å². The number of imide groups is 1. The molecule has 9 nitrogen and oxygen atoms in total. The molecule has 7 atom stereocenters. The molecule has 3 fully saturated rings. The summed E-state index contributed by atoms with van der Waals surface area (Å²) in [6.07, 6.45) is 0.773. The lowest BCUT2D eigenvalue weighted by atomic mass is 9.68. The maximum Gasteiger partial charge on any atom is 0.305 e. The Hall–Kier alpha value is -3.57. The van der Waals surface area contributed by atoms with Crippen LogP contribution >= 0.6 is 23.1 Å². The Bertz CT molecular complexity index is 1550. The maximum absolute atomic E-state index is 13.7. The molecule has 0 radical (unpaired) electrons. The molecule has 11 heteroatoms. The topological polar surface area (TPSA) is 129 Å². The molecular weight excluding hydrogens is 538 g/mol. The second kappa shape index (κ2) is 8.99. The first-order chi connectivity index (χ1) is 18.8. The molecule has 3 amide bonds. The molecule has 1 saturated heterocycles. The van der Waals surface area contributed by atoms with E-state index in [1.807, 2.05) is 12.1 Å². The van der Waals surface area contributed by atoms with Gasteiger partial charge in [-0.15, -0.1) is 11.8 Å². The number of phenolic OH excluding ortho intramolecular Hbond substituents is 1. The maximum atomic E-state index is 13.7. The molecule has 200 valence electrons. The van der Waals surface area contributed by atoms with Crippen molar-refractivity contribution in [1.82, 2.24) is 9.88 Å². The van der Waals surface area contributed by atoms with Crippen molar-refractivity contribution in [3.05, 3.63) is 68.6 Å². The molecule has 2 aromatic carbocycles. The van der Waals surface area contributed by atoms with E-state index < -0.39 is 17.7 Å². The minimum atomic E-state index is -0.463. The molecule has 0 spiro atoms. The van der Waals surface area contributed by atoms with E-state index in [-0.39, 0.29) is 57.9 Å². The molecule has 3 aromatic rings. The van der Waals surface area contributed by atoms with Crippen molar-refractivity contribution in [1.29, 1.82) is 0 Å². The van der Waals surface area contributed by atoms with Gasteiger partial charge in [-0.2, -0.15) is 0 Å². The molecule has 39 heavy (non-hydrogen) atoms. The van der Waals surface area contributed by atoms with Crippen LogP contribution in [0.5, 0.6) is 11.5 Å². The van der Waals surface area contributed by atoms with Crippen molar-refractivity contribution in [2.24, 2.45) is 29.6 Å². The summed E-state index contributed by atoms with van der Waals surface area (Å²) in [7, 11) is 1.56. The quantitative estimate of drug-likeness (QED) is 0.407. The first kappa shape index (κ1) is 24.5. The molecule has 2 saturated carbocycles. The number of ether oxygens (including phenoxy) is 1. The lowest BCUT2D eigenvalue weighted by molar-refractivity contribution is -0.143. The number of hydrogen-bond acceptors (Lipinski definition) is 8. The van der Waals surface area contributed by atoms with Crippen LogP contribution in [0, 0.1) is 29.6 Å². The normalized spacial score (nSPS) is 30.2. The Balaban J connectivity index is 1.17. The molecule has 2 aliphatic carbocycles. The van der Waals surface area contributed by atoms with Crippen molar-refractivity contribution in [2.75, 3.05) is 19.0 Å². The Morgan fingerprint density at radius 3 is 2.44 bits per heavy atom. The average Bonchev–Trinajstić information content (AvgIpc) is 3.66. The van der Waals surface area contributed by atoms with Gasteiger partial charge >= 0.3 is 4.87 Å². The van der Waals surface area contributed by atoms with Crippen LogP contribution in [0.25, 0.3) is 0 Å². The zero-order valence-electron chi connectivity index (χ0n) is 20.8. The molecular formula is C28H25N3O6S2. The van der Waals surface area contributed by atoms with Gasteiger partial charge in [0.15, 0.2) is 0 Å². The predicted octanol–water partition coefficient (Wildman–Crippen LogP) is 3.26. The van der Waals surface area contributed by atoms with E-state index >= 15 is 0 Å². The number of aromatic hydroxyl groups is 1. The van der Waals surface area contributed by atoms with Gasteiger partial charge in [-0.1, -0.05) is 23.5 Å². The average molecular weight is 564 g/mol. The second-order valence-electron chi connectivity index (χ2n) is 10.6. The van der Waals surface area contributed by atoms with Crippen molar-refractivity contribution >= 4 is 46.5 Å². The van der Waals surface area contributed by atoms with E-state index in [0.717, 1.165) is 26.8 Å². The van der Waals surface area contributed by atoms with Gasteiger partial charge in [-0.3, -0.25) is 24.1 Å². The third-order valence-electron chi connectivity index (χ3n) is 8.74. The number of phenols is 1. The summed E-state index contributed by atoms with van der Waals surface area (Å²) in [6.45, 7) is -0.319. The van der Waals surface area contributed by atoms with Gasteiger partial charge < -0.3 is 20.1 Å². The van der Waals surface area contributed by atoms with Crippen molar-refractivity contribution in [2.45, 2.75) is 22.6 Å². The van der Waals surface area contributed by atoms with Crippen LogP contribution in [0.3, 0.4) is 0 Å². The number of fused-ring (bicyclic) bond motifs is 9. The number of nitrogens with one attached hydrogen (secondary N) is 2. The lowest BCUT2D eigenvalue weighted by Crippen LogP contribution is -2.42. The summed E-state index contributed by atoms with van der Waals surface area (Å²) in [4.78, 5) is 57.4. The standard InChI is InChI=1S/C28H25N3O6S2/c1-37-15-8-4-13(5-9-15)29-18(33)11-31-26(34)21-16-10-17(22(21)27(31)35)23-20(16)19(12-2-6-14(32)7-3-12)24-25(38-23)30-28(36)39-24/h2-9,16-17,19-23,32H,10-11H2,1H3,(H,29,33)(H,30,36). The smallest absolute Gasteiger partial charge is 0.305 e. The summed E-state index contributed by atoms with van der Waals surface area (Å²) in [5.41, 5.74) is 1.54. The van der Waals surface area contributed by atoms with Crippen LogP contribution in [0.1, 0.15) is 22.8 Å². The third kappa shape index (κ3) is 3.74. The fourth-order valence-electron chi connectivity index (χ4n) is 7.31. The van der Waals surface area contributed by atoms with Gasteiger partial charge in [-0.25, -0.2) is 0 Å². The van der Waals surface area contributed by atoms with Gasteiger partial charge in [0.25, 0.3) is 0 Å². The number of amides is 3. The SMILES string of the molecule is COc1ccc(NC(=O)CN2C(=O)C3C4CC(C3C2=O)C2C(c3ccc(O)cc3)c3sc(=O)[nH]c3SC42)cc1. The summed E-state index contributed by atoms with van der Waals surface area (Å²) < 4.78 is 5.14. The van der Waals surface area contributed by atoms with Gasteiger partial charge in [-0.05, 0) is 66.1 Å². The minimum Gasteiger partial charge on any atom is -0.508 e. The van der Waals surface area contributed by atoms with Crippen LogP contribution in [-0.2, 0) is 14.4 Å². The first-order valence-electron chi connectivity index (χ1n) is 12.8. The zero-order valence-corrected chi connectivity index (χ0v) is 22.5. The Morgan fingerprint density at radius 1 is 1.05 bits per heavy atom. The van der Waals surface area contributed by atoms with Crippen molar-refractivity contribution in [3.63, 3.8) is 0 Å². The van der Waals surface area contributed by atoms with E-state index in [4.69, 9.17) is 4.74 Å². The Kier molecular flexibility index (Phi) is 5.64. The van der Waals surface area contributed by atoms with E-state index in [2.05, 4.69) is 10.3 Å². The Morgan fingerprint density at radius 2 is 1.74 bits per heavy atom. The third-order valence-corrected chi connectivity index (χ3v) is 11.3. The van der Waals surface area contributed by atoms with E-state index in [9.17, 15) is 24.3 Å². The van der Waals surface area contributed by atoms with Crippen LogP contribution in [0.2, 0.25) is 0 Å². The van der Waals surface area contributed by atoms with Gasteiger partial charge in [0.1, 0.15) is 18.0 Å². The molecule has 3 heterocycles. The first-order valence-corrected chi connectivity index (χ1v) is 14.5. The summed E-state index contributed by atoms with van der Waals surface area (Å²) >= 11 is 2.81. The lowest BCUT2D eigenvalue weighted by Gasteiger charge is -2.43. The molecule has 2 aliphatic heterocycles. The number of rotatable bonds is 5. The van der Waals surface area contributed by atoms with Crippen molar-refractivity contribution < 1.29 is 24.2 Å². The number of methoxy groups -OCH3 is 1. The summed E-state index contributed by atoms with van der Waals surface area (Å²) in [6, 6.07) is 13.9. The predicted molar refractivity (Wildman–Crippen MR) is 145 cm³/mol. The van der Waals surface area contributed by atoms with Crippen LogP contribution in [0.15, 0.2) is 58.4 Å². The number of thioether (sulfide) groups is 1. The molecule has 7 unspecified atom stereocenters. The second-order valence-corrected chi connectivity index (χ2v) is 12.8. The number of benzene rings is 2. The molecule has 3 N–H and O–H groups in total. The van der Waals surface area contributed by atoms with Crippen LogP contribution in [-0.4, -0.2) is 51.6 Å². The van der Waals surface area contributed by atoms with Crippen LogP contribution < -0.4 is 14.9 Å². The number of H-pyrrole nitrogens is 1. The number of hydrogen-bond donors (Lipinski definition) is 3. The number of carbonyl (C=O) groups is 3. The van der Waals surface area contributed by atoms with E-state index in [1.54, 1.807) is 55.3 Å². The molecule has 2 bridgehead atoms. The van der Waals surface area contributed by atoms with Crippen molar-refractivity contribution in [3.8, 4) is 11.5 Å². The number of anilines is 1. The highest BCUT2D eigenvalue weighted by atomic mass is 32.2. The fraction of sp³-hybridized carbons (Fsp3) is 0.357. The number of thiazole rings is 1. The summed E-state index contributed by atoms with van der Waals surface area (Å²) in [5, 5.41) is 13.5. The number of nitrogens with zero attached hydrogens (tertiary/aromatic N) is 1. The van der Waals surface area contributed by atoms with E-state index in [1.165, 1.54) is 11.3 Å². The summed E-state index contributed by atoms with van der Waals surface area (Å²) in [5.74, 6) is -1.16. The molecule has 7 rings (SSSR count). The van der Waals surface area contributed by atoms with Gasteiger partial charge in [0.05, 0.1) is 24.0 Å². The zero-order chi connectivity index (χ0) is 27.0. The highest BCUT2D eigenvalue weighted by Crippen LogP contribution is 2.68. The van der Waals surface area contributed by atoms with Gasteiger partial charge in [0, 0.05) is 21.7 Å². The largest absolute Gasteiger partial charge is 0.508 e. The Labute approximate surface area is 231 Å². The number of aromatic amines is 1.